The highest BCUT2D eigenvalue weighted by molar-refractivity contribution is 9.10. The number of carbonyl (C=O) groups excluding carboxylic acids is 1. The van der Waals surface area contributed by atoms with Crippen LogP contribution >= 0.6 is 15.9 Å². The van der Waals surface area contributed by atoms with E-state index in [1.165, 1.54) is 0 Å². The minimum atomic E-state index is -0.0155. The van der Waals surface area contributed by atoms with Crippen molar-refractivity contribution in [3.63, 3.8) is 0 Å². The summed E-state index contributed by atoms with van der Waals surface area (Å²) >= 11 is 3.21. The van der Waals surface area contributed by atoms with E-state index in [1.54, 1.807) is 12.1 Å². The fraction of sp³-hybridized carbons (Fsp3) is 0.583. The predicted octanol–water partition coefficient (Wildman–Crippen LogP) is 2.21. The minimum Gasteiger partial charge on any atom is -0.444 e. The number of carbonyl (C=O) groups is 1. The fourth-order valence-corrected chi connectivity index (χ4v) is 2.54. The highest BCUT2D eigenvalue weighted by atomic mass is 79.9. The fourth-order valence-electron chi connectivity index (χ4n) is 2.23. The standard InChI is InChI=1S/C12H17BrN2O2/c1-3-14-6-7-15(8-9(14)2)12(16)10-4-5-11(13)17-10/h4-5,9H,3,6-8H2,1-2H3. The highest BCUT2D eigenvalue weighted by Gasteiger charge is 2.27. The van der Waals surface area contributed by atoms with Gasteiger partial charge in [-0.3, -0.25) is 9.69 Å². The molecule has 4 nitrogen and oxygen atoms in total. The van der Waals surface area contributed by atoms with E-state index in [1.807, 2.05) is 4.90 Å². The quantitative estimate of drug-likeness (QED) is 0.840. The van der Waals surface area contributed by atoms with Crippen LogP contribution < -0.4 is 0 Å². The molecule has 1 amide bonds. The largest absolute Gasteiger partial charge is 0.444 e. The molecule has 5 heteroatoms. The summed E-state index contributed by atoms with van der Waals surface area (Å²) in [6.07, 6.45) is 0. The lowest BCUT2D eigenvalue weighted by Crippen LogP contribution is -2.53. The molecule has 0 N–H and O–H groups in total. The molecule has 0 saturated carbocycles. The molecular formula is C12H17BrN2O2. The summed E-state index contributed by atoms with van der Waals surface area (Å²) in [5, 5.41) is 0. The second-order valence-corrected chi connectivity index (χ2v) is 5.11. The van der Waals surface area contributed by atoms with Gasteiger partial charge in [-0.1, -0.05) is 6.92 Å². The van der Waals surface area contributed by atoms with Crippen molar-refractivity contribution >= 4 is 21.8 Å². The molecule has 0 spiro atoms. The first-order chi connectivity index (χ1) is 8.11. The molecule has 0 aliphatic carbocycles. The molecule has 94 valence electrons. The summed E-state index contributed by atoms with van der Waals surface area (Å²) in [4.78, 5) is 16.4. The number of furan rings is 1. The SMILES string of the molecule is CCN1CCN(C(=O)c2ccc(Br)o2)CC1C. The summed E-state index contributed by atoms with van der Waals surface area (Å²) in [7, 11) is 0. The Morgan fingerprint density at radius 1 is 1.53 bits per heavy atom. The lowest BCUT2D eigenvalue weighted by molar-refractivity contribution is 0.0499. The van der Waals surface area contributed by atoms with Crippen molar-refractivity contribution in [1.82, 2.24) is 9.80 Å². The van der Waals surface area contributed by atoms with Crippen molar-refractivity contribution in [2.24, 2.45) is 0 Å². The Morgan fingerprint density at radius 2 is 2.29 bits per heavy atom. The predicted molar refractivity (Wildman–Crippen MR) is 69.0 cm³/mol. The molecule has 2 heterocycles. The third-order valence-corrected chi connectivity index (χ3v) is 3.67. The maximum Gasteiger partial charge on any atom is 0.289 e. The van der Waals surface area contributed by atoms with Crippen molar-refractivity contribution in [3.05, 3.63) is 22.6 Å². The van der Waals surface area contributed by atoms with Crippen LogP contribution in [0.2, 0.25) is 0 Å². The van der Waals surface area contributed by atoms with Gasteiger partial charge in [-0.2, -0.15) is 0 Å². The summed E-state index contributed by atoms with van der Waals surface area (Å²) in [6.45, 7) is 7.82. The number of amides is 1. The smallest absolute Gasteiger partial charge is 0.289 e. The normalized spacial score (nSPS) is 21.8. The van der Waals surface area contributed by atoms with Gasteiger partial charge in [0.15, 0.2) is 10.4 Å². The maximum absolute atomic E-state index is 12.1. The van der Waals surface area contributed by atoms with Crippen molar-refractivity contribution in [1.29, 1.82) is 0 Å². The topological polar surface area (TPSA) is 36.7 Å². The Labute approximate surface area is 110 Å². The second-order valence-electron chi connectivity index (χ2n) is 4.33. The van der Waals surface area contributed by atoms with Crippen LogP contribution in [0.25, 0.3) is 0 Å². The van der Waals surface area contributed by atoms with Crippen LogP contribution in [0.1, 0.15) is 24.4 Å². The van der Waals surface area contributed by atoms with Gasteiger partial charge in [-0.15, -0.1) is 0 Å². The lowest BCUT2D eigenvalue weighted by atomic mass is 10.2. The van der Waals surface area contributed by atoms with Crippen LogP contribution in [0.4, 0.5) is 0 Å². The third kappa shape index (κ3) is 2.72. The van der Waals surface area contributed by atoms with E-state index >= 15 is 0 Å². The molecule has 1 atom stereocenters. The van der Waals surface area contributed by atoms with Crippen LogP contribution in [0.3, 0.4) is 0 Å². The third-order valence-electron chi connectivity index (χ3n) is 3.24. The number of nitrogens with zero attached hydrogens (tertiary/aromatic N) is 2. The Kier molecular flexibility index (Phi) is 3.89. The number of hydrogen-bond acceptors (Lipinski definition) is 3. The maximum atomic E-state index is 12.1. The van der Waals surface area contributed by atoms with E-state index in [9.17, 15) is 4.79 Å². The van der Waals surface area contributed by atoms with Crippen molar-refractivity contribution in [3.8, 4) is 0 Å². The number of hydrogen-bond donors (Lipinski definition) is 0. The van der Waals surface area contributed by atoms with Crippen molar-refractivity contribution < 1.29 is 9.21 Å². The summed E-state index contributed by atoms with van der Waals surface area (Å²) in [5.41, 5.74) is 0. The number of halogens is 1. The molecular weight excluding hydrogens is 284 g/mol. The van der Waals surface area contributed by atoms with Gasteiger partial charge in [-0.25, -0.2) is 0 Å². The van der Waals surface area contributed by atoms with Gasteiger partial charge < -0.3 is 9.32 Å². The zero-order chi connectivity index (χ0) is 12.4. The molecule has 2 rings (SSSR count). The van der Waals surface area contributed by atoms with Crippen LogP contribution in [0.5, 0.6) is 0 Å². The van der Waals surface area contributed by atoms with E-state index < -0.39 is 0 Å². The molecule has 1 saturated heterocycles. The zero-order valence-corrected chi connectivity index (χ0v) is 11.7. The van der Waals surface area contributed by atoms with E-state index in [4.69, 9.17) is 4.42 Å². The molecule has 1 aromatic heterocycles. The van der Waals surface area contributed by atoms with Gasteiger partial charge in [0, 0.05) is 25.7 Å². The van der Waals surface area contributed by atoms with Gasteiger partial charge in [0.05, 0.1) is 0 Å². The Hall–Kier alpha value is -0.810. The second kappa shape index (κ2) is 5.23. The van der Waals surface area contributed by atoms with E-state index in [-0.39, 0.29) is 5.91 Å². The van der Waals surface area contributed by atoms with Gasteiger partial charge in [-0.05, 0) is 41.5 Å². The Morgan fingerprint density at radius 3 is 2.82 bits per heavy atom. The monoisotopic (exact) mass is 300 g/mol. The molecule has 1 fully saturated rings. The van der Waals surface area contributed by atoms with Crippen molar-refractivity contribution in [2.45, 2.75) is 19.9 Å². The molecule has 17 heavy (non-hydrogen) atoms. The Bertz CT molecular complexity index is 405. The zero-order valence-electron chi connectivity index (χ0n) is 10.1. The van der Waals surface area contributed by atoms with E-state index in [0.717, 1.165) is 26.2 Å². The molecule has 0 radical (unpaired) electrons. The molecule has 1 aliphatic rings. The van der Waals surface area contributed by atoms with Crippen molar-refractivity contribution in [2.75, 3.05) is 26.2 Å². The molecule has 1 aliphatic heterocycles. The number of likely N-dealkylation sites (N-methyl/N-ethyl adjacent to an activating group) is 1. The average molecular weight is 301 g/mol. The minimum absolute atomic E-state index is 0.0155. The van der Waals surface area contributed by atoms with Gasteiger partial charge in [0.25, 0.3) is 5.91 Å². The molecule has 1 unspecified atom stereocenters. The highest BCUT2D eigenvalue weighted by Crippen LogP contribution is 2.18. The average Bonchev–Trinajstić information content (AvgIpc) is 2.75. The van der Waals surface area contributed by atoms with E-state index in [2.05, 4.69) is 34.7 Å². The van der Waals surface area contributed by atoms with Crippen LogP contribution in [-0.2, 0) is 0 Å². The lowest BCUT2D eigenvalue weighted by Gasteiger charge is -2.38. The number of piperazine rings is 1. The van der Waals surface area contributed by atoms with Gasteiger partial charge >= 0.3 is 0 Å². The summed E-state index contributed by atoms with van der Waals surface area (Å²) < 4.78 is 5.90. The molecule has 0 bridgehead atoms. The molecule has 0 aromatic carbocycles. The first-order valence-corrected chi connectivity index (χ1v) is 6.69. The number of rotatable bonds is 2. The van der Waals surface area contributed by atoms with Gasteiger partial charge in [0.1, 0.15) is 0 Å². The molecule has 1 aromatic rings. The van der Waals surface area contributed by atoms with Gasteiger partial charge in [0.2, 0.25) is 0 Å². The summed E-state index contributed by atoms with van der Waals surface area (Å²) in [6, 6.07) is 3.87. The van der Waals surface area contributed by atoms with E-state index in [0.29, 0.717) is 16.5 Å². The first kappa shape index (κ1) is 12.6. The van der Waals surface area contributed by atoms with Crippen LogP contribution in [0, 0.1) is 0 Å². The first-order valence-electron chi connectivity index (χ1n) is 5.90. The summed E-state index contributed by atoms with van der Waals surface area (Å²) in [5.74, 6) is 0.396. The van der Waals surface area contributed by atoms with Crippen LogP contribution in [-0.4, -0.2) is 47.9 Å². The van der Waals surface area contributed by atoms with Crippen LogP contribution in [0.15, 0.2) is 21.2 Å². The Balaban J connectivity index is 2.02.